The van der Waals surface area contributed by atoms with Crippen molar-refractivity contribution in [2.75, 3.05) is 25.4 Å². The number of sulfonamides is 1. The highest BCUT2D eigenvalue weighted by Gasteiger charge is 2.46. The lowest BCUT2D eigenvalue weighted by molar-refractivity contribution is -0.122. The Bertz CT molecular complexity index is 849. The number of urea groups is 1. The van der Waals surface area contributed by atoms with Crippen LogP contribution in [0, 0.1) is 11.6 Å². The summed E-state index contributed by atoms with van der Waals surface area (Å²) in [5.41, 5.74) is -1.55. The van der Waals surface area contributed by atoms with Crippen molar-refractivity contribution in [2.45, 2.75) is 32.2 Å². The summed E-state index contributed by atoms with van der Waals surface area (Å²) in [7, 11) is -3.86. The number of hydrogen-bond donors (Lipinski definition) is 2. The third kappa shape index (κ3) is 5.38. The van der Waals surface area contributed by atoms with Gasteiger partial charge in [0.05, 0.1) is 12.4 Å². The van der Waals surface area contributed by atoms with E-state index in [1.165, 1.54) is 11.2 Å². The fraction of sp³-hybridized carbons (Fsp3) is 0.529. The number of rotatable bonds is 10. The summed E-state index contributed by atoms with van der Waals surface area (Å²) in [6.45, 7) is 3.48. The van der Waals surface area contributed by atoms with Crippen LogP contribution in [0.2, 0.25) is 0 Å². The van der Waals surface area contributed by atoms with Crippen LogP contribution < -0.4 is 15.4 Å². The van der Waals surface area contributed by atoms with Crippen molar-refractivity contribution in [3.05, 3.63) is 29.8 Å². The van der Waals surface area contributed by atoms with E-state index in [1.54, 1.807) is 6.92 Å². The number of amides is 3. The number of nitrogens with one attached hydrogen (secondary N) is 2. The van der Waals surface area contributed by atoms with Crippen LogP contribution in [0.5, 0.6) is 5.75 Å². The molecule has 0 aliphatic carbocycles. The highest BCUT2D eigenvalue weighted by molar-refractivity contribution is 7.89. The zero-order valence-electron chi connectivity index (χ0n) is 15.6. The molecule has 1 aliphatic heterocycles. The molecule has 1 aromatic carbocycles. The van der Waals surface area contributed by atoms with Crippen LogP contribution in [-0.2, 0) is 14.8 Å². The van der Waals surface area contributed by atoms with Crippen LogP contribution in [-0.4, -0.2) is 55.6 Å². The van der Waals surface area contributed by atoms with Gasteiger partial charge in [-0.3, -0.25) is 10.1 Å². The number of halogens is 2. The highest BCUT2D eigenvalue weighted by Crippen LogP contribution is 2.19. The molecule has 1 atom stereocenters. The van der Waals surface area contributed by atoms with Crippen LogP contribution in [0.25, 0.3) is 0 Å². The van der Waals surface area contributed by atoms with Crippen LogP contribution in [0.4, 0.5) is 13.6 Å². The van der Waals surface area contributed by atoms with Crippen molar-refractivity contribution in [1.29, 1.82) is 0 Å². The molecule has 0 spiro atoms. The second-order valence-electron chi connectivity index (χ2n) is 6.67. The van der Waals surface area contributed by atoms with Crippen LogP contribution in [0.3, 0.4) is 0 Å². The van der Waals surface area contributed by atoms with Gasteiger partial charge in [-0.15, -0.1) is 0 Å². The third-order valence-corrected chi connectivity index (χ3v) is 6.25. The van der Waals surface area contributed by atoms with E-state index in [-0.39, 0.29) is 31.9 Å². The molecule has 0 unspecified atom stereocenters. The fourth-order valence-electron chi connectivity index (χ4n) is 2.79. The Balaban J connectivity index is 1.96. The Labute approximate surface area is 162 Å². The lowest BCUT2D eigenvalue weighted by Gasteiger charge is -2.27. The van der Waals surface area contributed by atoms with Gasteiger partial charge in [-0.1, -0.05) is 6.92 Å². The first kappa shape index (κ1) is 22.0. The van der Waals surface area contributed by atoms with E-state index in [1.807, 2.05) is 5.32 Å². The maximum Gasteiger partial charge on any atom is 0.322 e. The first-order valence-electron chi connectivity index (χ1n) is 8.76. The summed E-state index contributed by atoms with van der Waals surface area (Å²) >= 11 is 0. The van der Waals surface area contributed by atoms with Crippen LogP contribution in [0.15, 0.2) is 18.2 Å². The van der Waals surface area contributed by atoms with E-state index in [0.717, 1.165) is 12.1 Å². The van der Waals surface area contributed by atoms with Gasteiger partial charge in [0.1, 0.15) is 11.4 Å². The summed E-state index contributed by atoms with van der Waals surface area (Å²) in [4.78, 5) is 23.2. The van der Waals surface area contributed by atoms with Gasteiger partial charge < -0.3 is 10.1 Å². The molecule has 1 heterocycles. The predicted molar refractivity (Wildman–Crippen MR) is 97.2 cm³/mol. The molecule has 156 valence electrons. The van der Waals surface area contributed by atoms with E-state index in [2.05, 4.69) is 5.32 Å². The van der Waals surface area contributed by atoms with Gasteiger partial charge in [-0.25, -0.2) is 26.3 Å². The number of imide groups is 1. The predicted octanol–water partition coefficient (Wildman–Crippen LogP) is 1.37. The molecular formula is C17H23F2N3O5S. The Kier molecular flexibility index (Phi) is 6.94. The molecule has 1 aliphatic rings. The van der Waals surface area contributed by atoms with E-state index in [4.69, 9.17) is 4.74 Å². The quantitative estimate of drug-likeness (QED) is 0.440. The van der Waals surface area contributed by atoms with Crippen molar-refractivity contribution in [1.82, 2.24) is 14.9 Å². The number of hydrogen-bond acceptors (Lipinski definition) is 5. The number of benzene rings is 1. The molecule has 1 saturated heterocycles. The van der Waals surface area contributed by atoms with Crippen molar-refractivity contribution in [2.24, 2.45) is 0 Å². The Morgan fingerprint density at radius 3 is 2.50 bits per heavy atom. The molecule has 3 amide bonds. The van der Waals surface area contributed by atoms with Gasteiger partial charge in [0.25, 0.3) is 5.91 Å². The molecule has 28 heavy (non-hydrogen) atoms. The second-order valence-corrected chi connectivity index (χ2v) is 8.64. The third-order valence-electron chi connectivity index (χ3n) is 4.16. The van der Waals surface area contributed by atoms with Gasteiger partial charge in [-0.05, 0) is 31.9 Å². The fourth-order valence-corrected chi connectivity index (χ4v) is 4.78. The molecule has 2 rings (SSSR count). The Morgan fingerprint density at radius 1 is 1.21 bits per heavy atom. The second kappa shape index (κ2) is 8.82. The summed E-state index contributed by atoms with van der Waals surface area (Å²) in [6.07, 6.45) is 0.799. The number of ether oxygens (including phenoxy) is 1. The standard InChI is InChI=1S/C17H23F2N3O5S/c1-3-7-22(8-4-9-27-14-6-5-12(18)10-13(14)19)28(25,26)11-17(2)15(23)20-16(24)21-17/h5-6,10H,3-4,7-9,11H2,1-2H3,(H2,20,21,23,24)/t17-/m1/s1. The SMILES string of the molecule is CCCN(CCCOc1ccc(F)cc1F)S(=O)(=O)C[C@@]1(C)NC(=O)NC1=O. The molecule has 8 nitrogen and oxygen atoms in total. The molecule has 0 bridgehead atoms. The van der Waals surface area contributed by atoms with E-state index in [0.29, 0.717) is 12.5 Å². The summed E-state index contributed by atoms with van der Waals surface area (Å²) in [5, 5.41) is 4.36. The van der Waals surface area contributed by atoms with Gasteiger partial charge in [0, 0.05) is 19.2 Å². The maximum atomic E-state index is 13.5. The minimum absolute atomic E-state index is 0.0206. The Hall–Kier alpha value is -2.27. The molecular weight excluding hydrogens is 396 g/mol. The first-order valence-corrected chi connectivity index (χ1v) is 10.4. The average Bonchev–Trinajstić information content (AvgIpc) is 2.82. The van der Waals surface area contributed by atoms with Crippen molar-refractivity contribution in [3.63, 3.8) is 0 Å². The number of carbonyl (C=O) groups excluding carboxylic acids is 2. The monoisotopic (exact) mass is 419 g/mol. The van der Waals surface area contributed by atoms with Gasteiger partial charge in [-0.2, -0.15) is 0 Å². The molecule has 2 N–H and O–H groups in total. The van der Waals surface area contributed by atoms with E-state index in [9.17, 15) is 26.8 Å². The lowest BCUT2D eigenvalue weighted by atomic mass is 10.1. The van der Waals surface area contributed by atoms with Gasteiger partial charge >= 0.3 is 6.03 Å². The van der Waals surface area contributed by atoms with Crippen molar-refractivity contribution in [3.8, 4) is 5.75 Å². The summed E-state index contributed by atoms with van der Waals surface area (Å²) < 4.78 is 58.4. The lowest BCUT2D eigenvalue weighted by Crippen LogP contribution is -2.52. The minimum atomic E-state index is -3.86. The van der Waals surface area contributed by atoms with Crippen LogP contribution in [0.1, 0.15) is 26.7 Å². The molecule has 0 aromatic heterocycles. The highest BCUT2D eigenvalue weighted by atomic mass is 32.2. The molecule has 1 aromatic rings. The van der Waals surface area contributed by atoms with Gasteiger partial charge in [0.2, 0.25) is 10.0 Å². The topological polar surface area (TPSA) is 105 Å². The molecule has 11 heteroatoms. The smallest absolute Gasteiger partial charge is 0.322 e. The summed E-state index contributed by atoms with van der Waals surface area (Å²) in [5.74, 6) is -2.96. The number of carbonyl (C=O) groups is 2. The molecule has 1 fully saturated rings. The van der Waals surface area contributed by atoms with Crippen LogP contribution >= 0.6 is 0 Å². The van der Waals surface area contributed by atoms with Gasteiger partial charge in [0.15, 0.2) is 11.6 Å². The zero-order chi connectivity index (χ0) is 20.9. The molecule has 0 saturated carbocycles. The van der Waals surface area contributed by atoms with E-state index < -0.39 is 44.9 Å². The average molecular weight is 419 g/mol. The summed E-state index contributed by atoms with van der Waals surface area (Å²) in [6, 6.07) is 2.19. The number of nitrogens with zero attached hydrogens (tertiary/aromatic N) is 1. The normalized spacial score (nSPS) is 19.6. The van der Waals surface area contributed by atoms with Crippen molar-refractivity contribution >= 4 is 22.0 Å². The minimum Gasteiger partial charge on any atom is -0.490 e. The van der Waals surface area contributed by atoms with Crippen molar-refractivity contribution < 1.29 is 31.5 Å². The molecule has 0 radical (unpaired) electrons. The first-order chi connectivity index (χ1) is 13.1. The zero-order valence-corrected chi connectivity index (χ0v) is 16.4. The Morgan fingerprint density at radius 2 is 1.93 bits per heavy atom. The maximum absolute atomic E-state index is 13.5. The van der Waals surface area contributed by atoms with E-state index >= 15 is 0 Å². The largest absolute Gasteiger partial charge is 0.490 e.